The van der Waals surface area contributed by atoms with Crippen molar-refractivity contribution in [2.75, 3.05) is 24.6 Å². The number of carbonyl (C=O) groups is 1. The Morgan fingerprint density at radius 3 is 2.74 bits per heavy atom. The van der Waals surface area contributed by atoms with E-state index in [-0.39, 0.29) is 12.5 Å². The summed E-state index contributed by atoms with van der Waals surface area (Å²) in [7, 11) is 1.96. The molecule has 0 saturated carbocycles. The van der Waals surface area contributed by atoms with Crippen molar-refractivity contribution < 1.29 is 9.53 Å². The number of anilines is 1. The minimum Gasteiger partial charge on any atom is -0.465 e. The van der Waals surface area contributed by atoms with Gasteiger partial charge in [-0.2, -0.15) is 0 Å². The van der Waals surface area contributed by atoms with Crippen molar-refractivity contribution in [1.82, 2.24) is 9.55 Å². The number of esters is 1. The molecule has 0 radical (unpaired) electrons. The van der Waals surface area contributed by atoms with Crippen molar-refractivity contribution in [2.24, 2.45) is 7.05 Å². The molecule has 1 heterocycles. The smallest absolute Gasteiger partial charge is 0.325 e. The van der Waals surface area contributed by atoms with Crippen LogP contribution in [0, 0.1) is 0 Å². The van der Waals surface area contributed by atoms with Gasteiger partial charge in [-0.25, -0.2) is 4.98 Å². The summed E-state index contributed by atoms with van der Waals surface area (Å²) in [6.45, 7) is 5.14. The Kier molecular flexibility index (Phi) is 4.04. The number of nitrogens with zero attached hydrogens (tertiary/aromatic N) is 3. The summed E-state index contributed by atoms with van der Waals surface area (Å²) in [6.07, 6.45) is 0. The fourth-order valence-corrected chi connectivity index (χ4v) is 2.10. The maximum atomic E-state index is 11.6. The summed E-state index contributed by atoms with van der Waals surface area (Å²) in [4.78, 5) is 18.1. The van der Waals surface area contributed by atoms with Crippen LogP contribution >= 0.6 is 0 Å². The first-order valence-corrected chi connectivity index (χ1v) is 6.49. The van der Waals surface area contributed by atoms with Gasteiger partial charge in [0, 0.05) is 13.6 Å². The zero-order chi connectivity index (χ0) is 13.8. The third-order valence-electron chi connectivity index (χ3n) is 3.05. The molecule has 0 aliphatic carbocycles. The highest BCUT2D eigenvalue weighted by Gasteiger charge is 2.16. The van der Waals surface area contributed by atoms with E-state index in [0.29, 0.717) is 13.2 Å². The van der Waals surface area contributed by atoms with Crippen LogP contribution in [-0.4, -0.2) is 35.2 Å². The molecule has 5 heteroatoms. The normalized spacial score (nSPS) is 10.7. The van der Waals surface area contributed by atoms with Crippen molar-refractivity contribution in [3.63, 3.8) is 0 Å². The fourth-order valence-electron chi connectivity index (χ4n) is 2.10. The lowest BCUT2D eigenvalue weighted by Crippen LogP contribution is -2.32. The first kappa shape index (κ1) is 13.4. The number of hydrogen-bond donors (Lipinski definition) is 0. The molecule has 0 atom stereocenters. The topological polar surface area (TPSA) is 47.4 Å². The van der Waals surface area contributed by atoms with Crippen molar-refractivity contribution in [2.45, 2.75) is 13.8 Å². The van der Waals surface area contributed by atoms with Crippen LogP contribution in [0.15, 0.2) is 24.3 Å². The first-order valence-electron chi connectivity index (χ1n) is 6.49. The molecule has 2 aromatic rings. The van der Waals surface area contributed by atoms with Gasteiger partial charge in [0.15, 0.2) is 0 Å². The Bertz CT molecular complexity index is 577. The third kappa shape index (κ3) is 2.70. The van der Waals surface area contributed by atoms with E-state index in [0.717, 1.165) is 17.0 Å². The molecule has 1 aromatic heterocycles. The Morgan fingerprint density at radius 2 is 2.11 bits per heavy atom. The zero-order valence-electron chi connectivity index (χ0n) is 11.6. The number of hydrogen-bond acceptors (Lipinski definition) is 4. The SMILES string of the molecule is CCOC(=O)CN(CC)c1nc2ccccc2n1C. The van der Waals surface area contributed by atoms with E-state index < -0.39 is 0 Å². The molecule has 5 nitrogen and oxygen atoms in total. The highest BCUT2D eigenvalue weighted by atomic mass is 16.5. The molecular weight excluding hydrogens is 242 g/mol. The highest BCUT2D eigenvalue weighted by molar-refractivity contribution is 5.80. The Labute approximate surface area is 112 Å². The Morgan fingerprint density at radius 1 is 1.37 bits per heavy atom. The molecule has 1 aromatic carbocycles. The van der Waals surface area contributed by atoms with Gasteiger partial charge >= 0.3 is 5.97 Å². The summed E-state index contributed by atoms with van der Waals surface area (Å²) in [5.74, 6) is 0.563. The van der Waals surface area contributed by atoms with E-state index in [4.69, 9.17) is 4.74 Å². The minimum absolute atomic E-state index is 0.224. The number of aromatic nitrogens is 2. The first-order chi connectivity index (χ1) is 9.17. The molecule has 0 fully saturated rings. The molecule has 0 aliphatic heterocycles. The quantitative estimate of drug-likeness (QED) is 0.772. The van der Waals surface area contributed by atoms with E-state index in [9.17, 15) is 4.79 Å². The molecule has 0 amide bonds. The second kappa shape index (κ2) is 5.73. The van der Waals surface area contributed by atoms with Gasteiger partial charge in [-0.3, -0.25) is 4.79 Å². The van der Waals surface area contributed by atoms with E-state index >= 15 is 0 Å². The maximum Gasteiger partial charge on any atom is 0.325 e. The number of para-hydroxylation sites is 2. The van der Waals surface area contributed by atoms with Gasteiger partial charge < -0.3 is 14.2 Å². The molecule has 0 saturated heterocycles. The molecule has 0 unspecified atom stereocenters. The monoisotopic (exact) mass is 261 g/mol. The summed E-state index contributed by atoms with van der Waals surface area (Å²) in [6, 6.07) is 7.93. The summed E-state index contributed by atoms with van der Waals surface area (Å²) in [5, 5.41) is 0. The molecule has 0 bridgehead atoms. The molecule has 0 N–H and O–H groups in total. The van der Waals surface area contributed by atoms with Crippen LogP contribution in [0.1, 0.15) is 13.8 Å². The molecule has 102 valence electrons. The van der Waals surface area contributed by atoms with Crippen molar-refractivity contribution in [3.8, 4) is 0 Å². The molecule has 0 spiro atoms. The minimum atomic E-state index is -0.226. The predicted molar refractivity (Wildman–Crippen MR) is 75.2 cm³/mol. The number of likely N-dealkylation sites (N-methyl/N-ethyl adjacent to an activating group) is 1. The van der Waals surface area contributed by atoms with Gasteiger partial charge in [-0.15, -0.1) is 0 Å². The second-order valence-corrected chi connectivity index (χ2v) is 4.28. The van der Waals surface area contributed by atoms with Crippen molar-refractivity contribution in [1.29, 1.82) is 0 Å². The standard InChI is InChI=1S/C14H19N3O2/c1-4-17(10-13(18)19-5-2)14-15-11-8-6-7-9-12(11)16(14)3/h6-9H,4-5,10H2,1-3H3. The number of benzene rings is 1. The van der Waals surface area contributed by atoms with Crippen LogP contribution < -0.4 is 4.90 Å². The zero-order valence-corrected chi connectivity index (χ0v) is 11.6. The number of aryl methyl sites for hydroxylation is 1. The Hall–Kier alpha value is -2.04. The number of carbonyl (C=O) groups excluding carboxylic acids is 1. The average Bonchev–Trinajstić information content (AvgIpc) is 2.74. The van der Waals surface area contributed by atoms with E-state index in [2.05, 4.69) is 4.98 Å². The number of ether oxygens (including phenoxy) is 1. The van der Waals surface area contributed by atoms with Gasteiger partial charge in [-0.05, 0) is 26.0 Å². The van der Waals surface area contributed by atoms with Crippen LogP contribution in [0.4, 0.5) is 5.95 Å². The molecule has 2 rings (SSSR count). The van der Waals surface area contributed by atoms with E-state index in [1.54, 1.807) is 0 Å². The fraction of sp³-hybridized carbons (Fsp3) is 0.429. The lowest BCUT2D eigenvalue weighted by Gasteiger charge is -2.20. The van der Waals surface area contributed by atoms with Crippen molar-refractivity contribution >= 4 is 23.0 Å². The largest absolute Gasteiger partial charge is 0.465 e. The lowest BCUT2D eigenvalue weighted by molar-refractivity contribution is -0.141. The van der Waals surface area contributed by atoms with Gasteiger partial charge in [-0.1, -0.05) is 12.1 Å². The molecule has 19 heavy (non-hydrogen) atoms. The van der Waals surface area contributed by atoms with Gasteiger partial charge in [0.2, 0.25) is 5.95 Å². The van der Waals surface area contributed by atoms with Gasteiger partial charge in [0.05, 0.1) is 17.6 Å². The van der Waals surface area contributed by atoms with Crippen LogP contribution in [0.25, 0.3) is 11.0 Å². The number of rotatable bonds is 5. The van der Waals surface area contributed by atoms with Crippen LogP contribution in [0.2, 0.25) is 0 Å². The Balaban J connectivity index is 2.30. The third-order valence-corrected chi connectivity index (χ3v) is 3.05. The van der Waals surface area contributed by atoms with Crippen LogP contribution in [-0.2, 0) is 16.6 Å². The van der Waals surface area contributed by atoms with Gasteiger partial charge in [0.1, 0.15) is 6.54 Å². The number of fused-ring (bicyclic) bond motifs is 1. The second-order valence-electron chi connectivity index (χ2n) is 4.28. The maximum absolute atomic E-state index is 11.6. The average molecular weight is 261 g/mol. The predicted octanol–water partition coefficient (Wildman–Crippen LogP) is 1.96. The van der Waals surface area contributed by atoms with E-state index in [1.165, 1.54) is 0 Å². The molecular formula is C14H19N3O2. The van der Waals surface area contributed by atoms with E-state index in [1.807, 2.05) is 54.6 Å². The van der Waals surface area contributed by atoms with Crippen LogP contribution in [0.3, 0.4) is 0 Å². The highest BCUT2D eigenvalue weighted by Crippen LogP contribution is 2.20. The van der Waals surface area contributed by atoms with Crippen molar-refractivity contribution in [3.05, 3.63) is 24.3 Å². The van der Waals surface area contributed by atoms with Crippen LogP contribution in [0.5, 0.6) is 0 Å². The summed E-state index contributed by atoms with van der Waals surface area (Å²) in [5.41, 5.74) is 1.99. The summed E-state index contributed by atoms with van der Waals surface area (Å²) < 4.78 is 6.99. The lowest BCUT2D eigenvalue weighted by atomic mass is 10.3. The molecule has 0 aliphatic rings. The summed E-state index contributed by atoms with van der Waals surface area (Å²) >= 11 is 0. The van der Waals surface area contributed by atoms with Gasteiger partial charge in [0.25, 0.3) is 0 Å². The number of imidazole rings is 1.